The van der Waals surface area contributed by atoms with E-state index in [0.717, 1.165) is 23.4 Å². The zero-order valence-corrected chi connectivity index (χ0v) is 12.8. The van der Waals surface area contributed by atoms with E-state index in [1.54, 1.807) is 7.11 Å². The molecule has 0 saturated carbocycles. The molecule has 0 N–H and O–H groups in total. The van der Waals surface area contributed by atoms with Crippen molar-refractivity contribution in [2.45, 2.75) is 13.3 Å². The Morgan fingerprint density at radius 1 is 1.05 bits per heavy atom. The molecule has 0 aliphatic heterocycles. The molecular weight excluding hydrogens is 262 g/mol. The van der Waals surface area contributed by atoms with Crippen molar-refractivity contribution in [1.82, 2.24) is 0 Å². The number of carbonyl (C=O) groups excluding carboxylic acids is 1. The smallest absolute Gasteiger partial charge is 0.182 e. The van der Waals surface area contributed by atoms with E-state index >= 15 is 0 Å². The predicted molar refractivity (Wildman–Crippen MR) is 86.4 cm³/mol. The van der Waals surface area contributed by atoms with E-state index in [2.05, 4.69) is 6.92 Å². The van der Waals surface area contributed by atoms with Crippen molar-refractivity contribution in [2.75, 3.05) is 25.6 Å². The van der Waals surface area contributed by atoms with Crippen LogP contribution in [0.15, 0.2) is 48.5 Å². The molecule has 0 aromatic heterocycles. The SMILES string of the molecule is CCc1ccc(C(=O)CN(C)c2ccc(OC)cc2)cc1. The summed E-state index contributed by atoms with van der Waals surface area (Å²) in [6, 6.07) is 15.5. The first kappa shape index (κ1) is 15.1. The van der Waals surface area contributed by atoms with Crippen LogP contribution in [0.4, 0.5) is 5.69 Å². The van der Waals surface area contributed by atoms with Crippen molar-refractivity contribution in [3.63, 3.8) is 0 Å². The number of methoxy groups -OCH3 is 1. The first-order valence-corrected chi connectivity index (χ1v) is 7.11. The van der Waals surface area contributed by atoms with E-state index in [0.29, 0.717) is 6.54 Å². The maximum absolute atomic E-state index is 12.3. The topological polar surface area (TPSA) is 29.5 Å². The Balaban J connectivity index is 2.03. The molecule has 2 aromatic carbocycles. The molecule has 0 bridgehead atoms. The van der Waals surface area contributed by atoms with Gasteiger partial charge in [-0.15, -0.1) is 0 Å². The van der Waals surface area contributed by atoms with Crippen molar-refractivity contribution in [2.24, 2.45) is 0 Å². The lowest BCUT2D eigenvalue weighted by Gasteiger charge is -2.18. The average Bonchev–Trinajstić information content (AvgIpc) is 2.55. The summed E-state index contributed by atoms with van der Waals surface area (Å²) < 4.78 is 5.14. The van der Waals surface area contributed by atoms with Crippen LogP contribution in [0.2, 0.25) is 0 Å². The minimum absolute atomic E-state index is 0.121. The van der Waals surface area contributed by atoms with E-state index in [1.807, 2.05) is 60.5 Å². The molecule has 0 atom stereocenters. The van der Waals surface area contributed by atoms with Crippen LogP contribution in [-0.2, 0) is 6.42 Å². The number of Topliss-reactive ketones (excluding diaryl/α,β-unsaturated/α-hetero) is 1. The largest absolute Gasteiger partial charge is 0.497 e. The van der Waals surface area contributed by atoms with Gasteiger partial charge in [0, 0.05) is 18.3 Å². The van der Waals surface area contributed by atoms with E-state index in [9.17, 15) is 4.79 Å². The quantitative estimate of drug-likeness (QED) is 0.759. The van der Waals surface area contributed by atoms with Crippen LogP contribution in [-0.4, -0.2) is 26.5 Å². The molecule has 2 rings (SSSR count). The minimum Gasteiger partial charge on any atom is -0.497 e. The Morgan fingerprint density at radius 3 is 2.19 bits per heavy atom. The molecular formula is C18H21NO2. The fraction of sp³-hybridized carbons (Fsp3) is 0.278. The number of likely N-dealkylation sites (N-methyl/N-ethyl adjacent to an activating group) is 1. The predicted octanol–water partition coefficient (Wildman–Crippen LogP) is 3.58. The minimum atomic E-state index is 0.121. The van der Waals surface area contributed by atoms with E-state index in [1.165, 1.54) is 5.56 Å². The van der Waals surface area contributed by atoms with Gasteiger partial charge in [0.25, 0.3) is 0 Å². The summed E-state index contributed by atoms with van der Waals surface area (Å²) in [6.07, 6.45) is 0.986. The van der Waals surface area contributed by atoms with Crippen LogP contribution < -0.4 is 9.64 Å². The number of benzene rings is 2. The van der Waals surface area contributed by atoms with Gasteiger partial charge < -0.3 is 9.64 Å². The van der Waals surface area contributed by atoms with Gasteiger partial charge >= 0.3 is 0 Å². The van der Waals surface area contributed by atoms with Crippen molar-refractivity contribution in [3.8, 4) is 5.75 Å². The maximum atomic E-state index is 12.3. The lowest BCUT2D eigenvalue weighted by Crippen LogP contribution is -2.25. The molecule has 0 amide bonds. The van der Waals surface area contributed by atoms with Gasteiger partial charge in [0.15, 0.2) is 5.78 Å². The van der Waals surface area contributed by atoms with Gasteiger partial charge in [0.05, 0.1) is 13.7 Å². The van der Waals surface area contributed by atoms with E-state index in [4.69, 9.17) is 4.74 Å². The molecule has 0 heterocycles. The van der Waals surface area contributed by atoms with Crippen LogP contribution in [0.3, 0.4) is 0 Å². The Kier molecular flexibility index (Phi) is 4.99. The van der Waals surface area contributed by atoms with Gasteiger partial charge in [0.2, 0.25) is 0 Å². The fourth-order valence-electron chi connectivity index (χ4n) is 2.16. The molecule has 0 aliphatic carbocycles. The zero-order valence-electron chi connectivity index (χ0n) is 12.8. The first-order chi connectivity index (χ1) is 10.1. The second kappa shape index (κ2) is 6.93. The van der Waals surface area contributed by atoms with Gasteiger partial charge in [-0.1, -0.05) is 31.2 Å². The van der Waals surface area contributed by atoms with Gasteiger partial charge in [-0.3, -0.25) is 4.79 Å². The number of aryl methyl sites for hydroxylation is 1. The number of ether oxygens (including phenoxy) is 1. The number of nitrogens with zero attached hydrogens (tertiary/aromatic N) is 1. The van der Waals surface area contributed by atoms with Crippen LogP contribution in [0.1, 0.15) is 22.8 Å². The third-order valence-corrected chi connectivity index (χ3v) is 3.58. The Labute approximate surface area is 126 Å². The zero-order chi connectivity index (χ0) is 15.2. The Bertz CT molecular complexity index is 588. The highest BCUT2D eigenvalue weighted by Crippen LogP contribution is 2.18. The highest BCUT2D eigenvalue weighted by Gasteiger charge is 2.10. The van der Waals surface area contributed by atoms with Crippen LogP contribution in [0.5, 0.6) is 5.75 Å². The molecule has 0 radical (unpaired) electrons. The summed E-state index contributed by atoms with van der Waals surface area (Å²) in [5.41, 5.74) is 3.00. The van der Waals surface area contributed by atoms with Crippen LogP contribution in [0.25, 0.3) is 0 Å². The van der Waals surface area contributed by atoms with Gasteiger partial charge in [-0.2, -0.15) is 0 Å². The normalized spacial score (nSPS) is 10.2. The summed E-state index contributed by atoms with van der Waals surface area (Å²) in [7, 11) is 3.56. The third kappa shape index (κ3) is 3.85. The van der Waals surface area contributed by atoms with Crippen LogP contribution >= 0.6 is 0 Å². The monoisotopic (exact) mass is 283 g/mol. The molecule has 0 unspecified atom stereocenters. The van der Waals surface area contributed by atoms with Crippen LogP contribution in [0, 0.1) is 0 Å². The fourth-order valence-corrected chi connectivity index (χ4v) is 2.16. The first-order valence-electron chi connectivity index (χ1n) is 7.11. The summed E-state index contributed by atoms with van der Waals surface area (Å²) in [4.78, 5) is 14.2. The second-order valence-corrected chi connectivity index (χ2v) is 5.03. The second-order valence-electron chi connectivity index (χ2n) is 5.03. The third-order valence-electron chi connectivity index (χ3n) is 3.58. The van der Waals surface area contributed by atoms with Crippen molar-refractivity contribution >= 4 is 11.5 Å². The Hall–Kier alpha value is -2.29. The summed E-state index contributed by atoms with van der Waals surface area (Å²) in [6.45, 7) is 2.46. The molecule has 0 aliphatic rings. The lowest BCUT2D eigenvalue weighted by atomic mass is 10.1. The number of carbonyl (C=O) groups is 1. The van der Waals surface area contributed by atoms with Gasteiger partial charge in [-0.25, -0.2) is 0 Å². The van der Waals surface area contributed by atoms with Crippen molar-refractivity contribution < 1.29 is 9.53 Å². The highest BCUT2D eigenvalue weighted by atomic mass is 16.5. The molecule has 0 saturated heterocycles. The van der Waals surface area contributed by atoms with E-state index < -0.39 is 0 Å². The molecule has 0 fully saturated rings. The van der Waals surface area contributed by atoms with Crippen molar-refractivity contribution in [1.29, 1.82) is 0 Å². The molecule has 110 valence electrons. The molecule has 3 heteroatoms. The Morgan fingerprint density at radius 2 is 1.67 bits per heavy atom. The molecule has 2 aromatic rings. The van der Waals surface area contributed by atoms with Gasteiger partial charge in [0.1, 0.15) is 5.75 Å². The number of anilines is 1. The number of hydrogen-bond donors (Lipinski definition) is 0. The molecule has 21 heavy (non-hydrogen) atoms. The summed E-state index contributed by atoms with van der Waals surface area (Å²) >= 11 is 0. The average molecular weight is 283 g/mol. The molecule has 0 spiro atoms. The van der Waals surface area contributed by atoms with Gasteiger partial charge in [-0.05, 0) is 36.2 Å². The number of ketones is 1. The van der Waals surface area contributed by atoms with Crippen molar-refractivity contribution in [3.05, 3.63) is 59.7 Å². The number of hydrogen-bond acceptors (Lipinski definition) is 3. The summed E-state index contributed by atoms with van der Waals surface area (Å²) in [5.74, 6) is 0.935. The standard InChI is InChI=1S/C18H21NO2/c1-4-14-5-7-15(8-6-14)18(20)13-19(2)16-9-11-17(21-3)12-10-16/h5-12H,4,13H2,1-3H3. The maximum Gasteiger partial charge on any atom is 0.182 e. The highest BCUT2D eigenvalue weighted by molar-refractivity contribution is 5.99. The summed E-state index contributed by atoms with van der Waals surface area (Å²) in [5, 5.41) is 0. The lowest BCUT2D eigenvalue weighted by molar-refractivity contribution is 0.100. The van der Waals surface area contributed by atoms with E-state index in [-0.39, 0.29) is 5.78 Å². The molecule has 3 nitrogen and oxygen atoms in total. The number of rotatable bonds is 6.